The lowest BCUT2D eigenvalue weighted by atomic mass is 10.0. The molecule has 1 unspecified atom stereocenters. The largest absolute Gasteiger partial charge is 0.573 e. The van der Waals surface area contributed by atoms with Gasteiger partial charge in [0.25, 0.3) is 0 Å². The van der Waals surface area contributed by atoms with E-state index in [1.54, 1.807) is 30.3 Å². The van der Waals surface area contributed by atoms with Crippen LogP contribution >= 0.6 is 0 Å². The van der Waals surface area contributed by atoms with Gasteiger partial charge in [0.15, 0.2) is 0 Å². The number of hydrogen-bond donors (Lipinski definition) is 0. The van der Waals surface area contributed by atoms with E-state index in [2.05, 4.69) is 16.6 Å². The van der Waals surface area contributed by atoms with Crippen LogP contribution in [0.25, 0.3) is 6.08 Å². The molecule has 0 radical (unpaired) electrons. The SMILES string of the molecule is FC(F)(F)Oc1cc(C#Cc2ccccc2)c2c(c1)C=CC(C(F)(F)F)O2. The number of halogens is 6. The molecule has 2 aromatic carbocycles. The number of hydrogen-bond acceptors (Lipinski definition) is 2. The molecule has 1 atom stereocenters. The fourth-order valence-corrected chi connectivity index (χ4v) is 2.36. The lowest BCUT2D eigenvalue weighted by molar-refractivity contribution is -0.274. The highest BCUT2D eigenvalue weighted by molar-refractivity contribution is 5.68. The minimum atomic E-state index is -4.95. The zero-order valence-corrected chi connectivity index (χ0v) is 13.4. The van der Waals surface area contributed by atoms with E-state index in [1.165, 1.54) is 0 Å². The van der Waals surface area contributed by atoms with Gasteiger partial charge >= 0.3 is 12.5 Å². The number of ether oxygens (including phenoxy) is 2. The molecule has 140 valence electrons. The second kappa shape index (κ2) is 6.91. The molecule has 0 N–H and O–H groups in total. The number of alkyl halides is 6. The van der Waals surface area contributed by atoms with Gasteiger partial charge in [0.05, 0.1) is 5.56 Å². The normalized spacial score (nSPS) is 16.0. The van der Waals surface area contributed by atoms with Crippen molar-refractivity contribution < 1.29 is 35.8 Å². The first kappa shape index (κ1) is 18.7. The smallest absolute Gasteiger partial charge is 0.475 e. The van der Waals surface area contributed by atoms with Gasteiger partial charge in [0.1, 0.15) is 11.5 Å². The molecule has 2 aromatic rings. The van der Waals surface area contributed by atoms with Crippen LogP contribution in [0.1, 0.15) is 16.7 Å². The van der Waals surface area contributed by atoms with Crippen LogP contribution in [0.2, 0.25) is 0 Å². The second-order valence-electron chi connectivity index (χ2n) is 5.49. The van der Waals surface area contributed by atoms with Crippen LogP contribution in [-0.4, -0.2) is 18.6 Å². The number of benzene rings is 2. The average molecular weight is 384 g/mol. The van der Waals surface area contributed by atoms with Gasteiger partial charge in [0, 0.05) is 11.1 Å². The van der Waals surface area contributed by atoms with E-state index in [4.69, 9.17) is 4.74 Å². The topological polar surface area (TPSA) is 18.5 Å². The summed E-state index contributed by atoms with van der Waals surface area (Å²) >= 11 is 0. The van der Waals surface area contributed by atoms with Crippen molar-refractivity contribution in [3.63, 3.8) is 0 Å². The van der Waals surface area contributed by atoms with Gasteiger partial charge in [0.2, 0.25) is 6.10 Å². The van der Waals surface area contributed by atoms with Crippen LogP contribution in [0, 0.1) is 11.8 Å². The van der Waals surface area contributed by atoms with Gasteiger partial charge in [-0.05, 0) is 30.3 Å². The van der Waals surface area contributed by atoms with Gasteiger partial charge in [-0.1, -0.05) is 36.1 Å². The number of rotatable bonds is 1. The van der Waals surface area contributed by atoms with Crippen LogP contribution in [-0.2, 0) is 0 Å². The lowest BCUT2D eigenvalue weighted by Gasteiger charge is -2.25. The molecule has 2 nitrogen and oxygen atoms in total. The summed E-state index contributed by atoms with van der Waals surface area (Å²) in [4.78, 5) is 0. The van der Waals surface area contributed by atoms with E-state index in [1.807, 2.05) is 0 Å². The Kier molecular flexibility index (Phi) is 4.79. The van der Waals surface area contributed by atoms with Crippen LogP contribution in [0.4, 0.5) is 26.3 Å². The Morgan fingerprint density at radius 2 is 1.63 bits per heavy atom. The van der Waals surface area contributed by atoms with Crippen molar-refractivity contribution in [2.75, 3.05) is 0 Å². The summed E-state index contributed by atoms with van der Waals surface area (Å²) in [5, 5.41) is 0. The molecule has 0 saturated heterocycles. The van der Waals surface area contributed by atoms with E-state index in [9.17, 15) is 26.3 Å². The van der Waals surface area contributed by atoms with Crippen molar-refractivity contribution >= 4 is 6.08 Å². The van der Waals surface area contributed by atoms with E-state index in [0.29, 0.717) is 11.6 Å². The van der Waals surface area contributed by atoms with Gasteiger partial charge in [-0.3, -0.25) is 0 Å². The number of fused-ring (bicyclic) bond motifs is 1. The van der Waals surface area contributed by atoms with Crippen LogP contribution < -0.4 is 9.47 Å². The zero-order valence-electron chi connectivity index (χ0n) is 13.4. The Balaban J connectivity index is 2.06. The Hall–Kier alpha value is -3.08. The monoisotopic (exact) mass is 384 g/mol. The van der Waals surface area contributed by atoms with E-state index < -0.39 is 24.4 Å². The third-order valence-electron chi connectivity index (χ3n) is 3.46. The fraction of sp³-hybridized carbons (Fsp3) is 0.158. The van der Waals surface area contributed by atoms with Crippen molar-refractivity contribution in [2.24, 2.45) is 0 Å². The maximum Gasteiger partial charge on any atom is 0.573 e. The average Bonchev–Trinajstić information content (AvgIpc) is 2.58. The Labute approximate surface area is 150 Å². The van der Waals surface area contributed by atoms with Gasteiger partial charge in [-0.2, -0.15) is 13.2 Å². The van der Waals surface area contributed by atoms with E-state index in [0.717, 1.165) is 18.2 Å². The van der Waals surface area contributed by atoms with Gasteiger partial charge in [-0.15, -0.1) is 13.2 Å². The highest BCUT2D eigenvalue weighted by Crippen LogP contribution is 2.38. The molecule has 0 fully saturated rings. The van der Waals surface area contributed by atoms with Gasteiger partial charge < -0.3 is 9.47 Å². The quantitative estimate of drug-likeness (QED) is 0.489. The molecule has 1 aliphatic rings. The highest BCUT2D eigenvalue weighted by Gasteiger charge is 2.42. The molecule has 8 heteroatoms. The summed E-state index contributed by atoms with van der Waals surface area (Å²) in [6, 6.07) is 10.3. The van der Waals surface area contributed by atoms with Crippen molar-refractivity contribution in [3.05, 3.63) is 65.2 Å². The molecule has 0 amide bonds. The fourth-order valence-electron chi connectivity index (χ4n) is 2.36. The minimum absolute atomic E-state index is 0.00890. The van der Waals surface area contributed by atoms with Crippen molar-refractivity contribution in [2.45, 2.75) is 18.6 Å². The predicted octanol–water partition coefficient (Wildman–Crippen LogP) is 5.32. The summed E-state index contributed by atoms with van der Waals surface area (Å²) in [6.07, 6.45) is -10.1. The van der Waals surface area contributed by atoms with Crippen LogP contribution in [0.5, 0.6) is 11.5 Å². The minimum Gasteiger partial charge on any atom is -0.475 e. The molecule has 0 spiro atoms. The molecule has 0 aromatic heterocycles. The summed E-state index contributed by atoms with van der Waals surface area (Å²) in [5.74, 6) is 4.39. The Bertz CT molecular complexity index is 917. The van der Waals surface area contributed by atoms with Crippen LogP contribution in [0.3, 0.4) is 0 Å². The maximum atomic E-state index is 12.9. The summed E-state index contributed by atoms with van der Waals surface area (Å²) in [7, 11) is 0. The van der Waals surface area contributed by atoms with Crippen molar-refractivity contribution in [3.8, 4) is 23.3 Å². The molecule has 3 rings (SSSR count). The van der Waals surface area contributed by atoms with E-state index in [-0.39, 0.29) is 16.9 Å². The first-order valence-corrected chi connectivity index (χ1v) is 7.54. The van der Waals surface area contributed by atoms with Gasteiger partial charge in [-0.25, -0.2) is 0 Å². The molecular formula is C19H10F6O2. The summed E-state index contributed by atoms with van der Waals surface area (Å²) in [6.45, 7) is 0. The standard InChI is InChI=1S/C19H10F6O2/c20-18(21,22)16-9-8-14-11-15(27-19(23,24)25)10-13(17(14)26-16)7-6-12-4-2-1-3-5-12/h1-5,8-11,16H. The molecule has 1 heterocycles. The zero-order chi connectivity index (χ0) is 19.7. The summed E-state index contributed by atoms with van der Waals surface area (Å²) in [5.41, 5.74) is 0.399. The first-order valence-electron chi connectivity index (χ1n) is 7.54. The third-order valence-corrected chi connectivity index (χ3v) is 3.46. The molecule has 27 heavy (non-hydrogen) atoms. The Morgan fingerprint density at radius 3 is 2.26 bits per heavy atom. The molecule has 1 aliphatic heterocycles. The predicted molar refractivity (Wildman–Crippen MR) is 85.1 cm³/mol. The first-order chi connectivity index (χ1) is 12.6. The van der Waals surface area contributed by atoms with E-state index >= 15 is 0 Å². The van der Waals surface area contributed by atoms with Crippen molar-refractivity contribution in [1.29, 1.82) is 0 Å². The second-order valence-corrected chi connectivity index (χ2v) is 5.49. The molecule has 0 aliphatic carbocycles. The summed E-state index contributed by atoms with van der Waals surface area (Å²) < 4.78 is 85.2. The molecular weight excluding hydrogens is 374 g/mol. The molecule has 0 bridgehead atoms. The maximum absolute atomic E-state index is 12.9. The highest BCUT2D eigenvalue weighted by atomic mass is 19.4. The van der Waals surface area contributed by atoms with Crippen LogP contribution in [0.15, 0.2) is 48.5 Å². The Morgan fingerprint density at radius 1 is 0.926 bits per heavy atom. The van der Waals surface area contributed by atoms with Crippen molar-refractivity contribution in [1.82, 2.24) is 0 Å². The lowest BCUT2D eigenvalue weighted by Crippen LogP contribution is -2.34. The molecule has 0 saturated carbocycles. The third kappa shape index (κ3) is 4.76.